The number of benzene rings is 2. The zero-order valence-corrected chi connectivity index (χ0v) is 20.3. The highest BCUT2D eigenvalue weighted by atomic mass is 19.1. The minimum absolute atomic E-state index is 0.104. The van der Waals surface area contributed by atoms with Gasteiger partial charge in [0.05, 0.1) is 5.39 Å². The van der Waals surface area contributed by atoms with Gasteiger partial charge in [0.25, 0.3) is 0 Å². The van der Waals surface area contributed by atoms with Crippen LogP contribution in [0.5, 0.6) is 5.75 Å². The molecule has 2 aromatic rings. The Morgan fingerprint density at radius 3 is 2.58 bits per heavy atom. The van der Waals surface area contributed by atoms with Crippen molar-refractivity contribution < 1.29 is 13.5 Å². The summed E-state index contributed by atoms with van der Waals surface area (Å²) in [4.78, 5) is 0. The molecule has 33 heavy (non-hydrogen) atoms. The van der Waals surface area contributed by atoms with E-state index in [9.17, 15) is 4.39 Å². The topological polar surface area (TPSA) is 9.23 Å². The van der Waals surface area contributed by atoms with Gasteiger partial charge in [-0.05, 0) is 72.8 Å². The van der Waals surface area contributed by atoms with Crippen molar-refractivity contribution in [2.45, 2.75) is 89.9 Å². The van der Waals surface area contributed by atoms with E-state index in [2.05, 4.69) is 13.5 Å². The average molecular weight is 455 g/mol. The predicted molar refractivity (Wildman–Crippen MR) is 134 cm³/mol. The number of ether oxygens (including phenoxy) is 1. The lowest BCUT2D eigenvalue weighted by atomic mass is 9.63. The van der Waals surface area contributed by atoms with Gasteiger partial charge in [-0.1, -0.05) is 76.7 Å². The van der Waals surface area contributed by atoms with Crippen LogP contribution in [0, 0.1) is 29.4 Å². The van der Waals surface area contributed by atoms with Gasteiger partial charge in [0.1, 0.15) is 24.0 Å². The Kier molecular flexibility index (Phi) is 8.44. The number of hydrogen-bond donors (Lipinski definition) is 0. The fourth-order valence-corrected chi connectivity index (χ4v) is 6.48. The van der Waals surface area contributed by atoms with Gasteiger partial charge >= 0.3 is 0 Å². The molecular formula is C30H40F2O. The summed E-state index contributed by atoms with van der Waals surface area (Å²) in [6, 6.07) is 6.76. The Morgan fingerprint density at radius 2 is 1.76 bits per heavy atom. The van der Waals surface area contributed by atoms with E-state index >= 15 is 4.39 Å². The number of hydrogen-bond acceptors (Lipinski definition) is 1. The molecule has 0 bridgehead atoms. The van der Waals surface area contributed by atoms with Gasteiger partial charge in [-0.2, -0.15) is 0 Å². The van der Waals surface area contributed by atoms with E-state index in [1.165, 1.54) is 70.3 Å². The van der Waals surface area contributed by atoms with Crippen molar-refractivity contribution in [2.24, 2.45) is 17.8 Å². The monoisotopic (exact) mass is 454 g/mol. The van der Waals surface area contributed by atoms with Gasteiger partial charge in [0.2, 0.25) is 0 Å². The van der Waals surface area contributed by atoms with E-state index < -0.39 is 5.82 Å². The van der Waals surface area contributed by atoms with Crippen LogP contribution in [0.2, 0.25) is 0 Å². The highest BCUT2D eigenvalue weighted by Gasteiger charge is 2.36. The summed E-state index contributed by atoms with van der Waals surface area (Å²) in [5, 5.41) is 0.663. The molecule has 0 N–H and O–H groups in total. The lowest BCUT2D eigenvalue weighted by molar-refractivity contribution is 0.112. The summed E-state index contributed by atoms with van der Waals surface area (Å²) in [6.07, 6.45) is 17.1. The summed E-state index contributed by atoms with van der Waals surface area (Å²) < 4.78 is 35.8. The van der Waals surface area contributed by atoms with Gasteiger partial charge in [-0.3, -0.25) is 0 Å². The fourth-order valence-electron chi connectivity index (χ4n) is 6.48. The molecular weight excluding hydrogens is 414 g/mol. The molecule has 0 aromatic heterocycles. The molecule has 0 spiro atoms. The third-order valence-corrected chi connectivity index (χ3v) is 8.25. The predicted octanol–water partition coefficient (Wildman–Crippen LogP) is 9.34. The molecule has 0 radical (unpaired) electrons. The van der Waals surface area contributed by atoms with Crippen LogP contribution in [0.1, 0.15) is 95.5 Å². The van der Waals surface area contributed by atoms with Crippen LogP contribution >= 0.6 is 0 Å². The highest BCUT2D eigenvalue weighted by Crippen LogP contribution is 2.49. The highest BCUT2D eigenvalue weighted by molar-refractivity contribution is 5.86. The molecule has 2 fully saturated rings. The van der Waals surface area contributed by atoms with Crippen LogP contribution in [0.3, 0.4) is 0 Å². The Bertz CT molecular complexity index is 937. The van der Waals surface area contributed by atoms with Gasteiger partial charge in [-0.15, -0.1) is 0 Å². The molecule has 4 unspecified atom stereocenters. The first-order valence-electron chi connectivity index (χ1n) is 13.3. The quantitative estimate of drug-likeness (QED) is 0.257. The van der Waals surface area contributed by atoms with Gasteiger partial charge in [0, 0.05) is 6.07 Å². The lowest BCUT2D eigenvalue weighted by Gasteiger charge is -2.42. The lowest BCUT2D eigenvalue weighted by Crippen LogP contribution is -2.30. The summed E-state index contributed by atoms with van der Waals surface area (Å²) in [7, 11) is 0. The van der Waals surface area contributed by atoms with Crippen molar-refractivity contribution >= 4 is 10.8 Å². The maximum atomic E-state index is 15.5. The van der Waals surface area contributed by atoms with Gasteiger partial charge in [-0.25, -0.2) is 8.78 Å². The van der Waals surface area contributed by atoms with Crippen LogP contribution in [0.15, 0.2) is 36.9 Å². The second-order valence-corrected chi connectivity index (χ2v) is 10.5. The minimum atomic E-state index is -0.543. The van der Waals surface area contributed by atoms with Crippen molar-refractivity contribution in [3.05, 3.63) is 54.1 Å². The zero-order chi connectivity index (χ0) is 23.2. The van der Waals surface area contributed by atoms with Crippen molar-refractivity contribution in [1.82, 2.24) is 0 Å². The summed E-state index contributed by atoms with van der Waals surface area (Å²) >= 11 is 0. The third-order valence-electron chi connectivity index (χ3n) is 8.25. The first-order chi connectivity index (χ1) is 16.1. The second kappa shape index (κ2) is 11.5. The standard InChI is InChI=1S/C30H40F2O/c1-3-5-6-7-8-9-21-10-11-23-18-24(13-12-22(23)17-21)27-15-14-25-19-26(33-16-4-2)20-28(31)29(25)30(27)32/h4,14-15,19-24H,2-3,5-13,16-18H2,1H3. The molecule has 4 rings (SSSR count). The van der Waals surface area contributed by atoms with E-state index in [-0.39, 0.29) is 17.1 Å². The van der Waals surface area contributed by atoms with E-state index in [1.807, 2.05) is 12.1 Å². The van der Waals surface area contributed by atoms with Crippen LogP contribution in [0.25, 0.3) is 10.8 Å². The number of halogens is 2. The maximum Gasteiger partial charge on any atom is 0.137 e. The molecule has 180 valence electrons. The summed E-state index contributed by atoms with van der Waals surface area (Å²) in [5.41, 5.74) is 0.706. The first-order valence-corrected chi connectivity index (χ1v) is 13.3. The Labute approximate surface area is 198 Å². The number of fused-ring (bicyclic) bond motifs is 2. The zero-order valence-electron chi connectivity index (χ0n) is 20.3. The number of unbranched alkanes of at least 4 members (excludes halogenated alkanes) is 4. The molecule has 0 heterocycles. The fraction of sp³-hybridized carbons (Fsp3) is 0.600. The molecule has 0 aliphatic heterocycles. The molecule has 2 aliphatic rings. The van der Waals surface area contributed by atoms with Crippen LogP contribution in [-0.4, -0.2) is 6.61 Å². The average Bonchev–Trinajstić information content (AvgIpc) is 2.82. The van der Waals surface area contributed by atoms with Crippen LogP contribution in [0.4, 0.5) is 8.78 Å². The molecule has 3 heteroatoms. The molecule has 2 saturated carbocycles. The smallest absolute Gasteiger partial charge is 0.137 e. The van der Waals surface area contributed by atoms with Gasteiger partial charge < -0.3 is 4.74 Å². The summed E-state index contributed by atoms with van der Waals surface area (Å²) in [5.74, 6) is 2.11. The van der Waals surface area contributed by atoms with Crippen molar-refractivity contribution in [1.29, 1.82) is 0 Å². The minimum Gasteiger partial charge on any atom is -0.489 e. The molecule has 0 amide bonds. The van der Waals surface area contributed by atoms with Gasteiger partial charge in [0.15, 0.2) is 0 Å². The first kappa shape index (κ1) is 24.2. The third kappa shape index (κ3) is 5.78. The van der Waals surface area contributed by atoms with E-state index in [1.54, 1.807) is 12.1 Å². The molecule has 0 saturated heterocycles. The Balaban J connectivity index is 1.39. The van der Waals surface area contributed by atoms with Crippen LogP contribution < -0.4 is 4.74 Å². The number of rotatable bonds is 10. The molecule has 4 atom stereocenters. The largest absolute Gasteiger partial charge is 0.489 e. The van der Waals surface area contributed by atoms with Crippen molar-refractivity contribution in [2.75, 3.05) is 6.61 Å². The van der Waals surface area contributed by atoms with E-state index in [0.717, 1.165) is 24.7 Å². The van der Waals surface area contributed by atoms with Crippen molar-refractivity contribution in [3.63, 3.8) is 0 Å². The maximum absolute atomic E-state index is 15.5. The Morgan fingerprint density at radius 1 is 0.970 bits per heavy atom. The molecule has 1 nitrogen and oxygen atoms in total. The van der Waals surface area contributed by atoms with E-state index in [4.69, 9.17) is 4.74 Å². The SMILES string of the molecule is C=CCOc1cc(F)c2c(F)c(C3CCC4CC(CCCCCCC)CCC4C3)ccc2c1. The van der Waals surface area contributed by atoms with Crippen LogP contribution in [-0.2, 0) is 0 Å². The molecule has 2 aliphatic carbocycles. The summed E-state index contributed by atoms with van der Waals surface area (Å²) in [6.45, 7) is 6.19. The van der Waals surface area contributed by atoms with Crippen molar-refractivity contribution in [3.8, 4) is 5.75 Å². The Hall–Kier alpha value is -1.90. The normalized spacial score (nSPS) is 25.1. The second-order valence-electron chi connectivity index (χ2n) is 10.5. The molecule has 2 aromatic carbocycles. The van der Waals surface area contributed by atoms with E-state index in [0.29, 0.717) is 29.2 Å².